The fourth-order valence-electron chi connectivity index (χ4n) is 2.38. The lowest BCUT2D eigenvalue weighted by atomic mass is 10.1. The van der Waals surface area contributed by atoms with Crippen molar-refractivity contribution >= 4 is 57.3 Å². The Kier molecular flexibility index (Phi) is 5.34. The maximum Gasteiger partial charge on any atom is 0.237 e. The number of anilines is 1. The van der Waals surface area contributed by atoms with E-state index in [0.29, 0.717) is 10.0 Å². The molecule has 0 fully saturated rings. The molecule has 1 amide bonds. The molecule has 122 valence electrons. The van der Waals surface area contributed by atoms with E-state index in [2.05, 4.69) is 5.32 Å². The molecular weight excluding hydrogens is 361 g/mol. The summed E-state index contributed by atoms with van der Waals surface area (Å²) in [5.41, 5.74) is 0.808. The second-order valence-corrected chi connectivity index (χ2v) is 7.58. The van der Waals surface area contributed by atoms with E-state index in [1.54, 1.807) is 18.2 Å². The van der Waals surface area contributed by atoms with Crippen LogP contribution in [0.25, 0.3) is 10.8 Å². The molecule has 0 unspecified atom stereocenters. The van der Waals surface area contributed by atoms with Crippen LogP contribution < -0.4 is 5.32 Å². The Morgan fingerprint density at radius 1 is 1.04 bits per heavy atom. The van der Waals surface area contributed by atoms with Gasteiger partial charge in [0.2, 0.25) is 5.91 Å². The minimum Gasteiger partial charge on any atom is -0.325 e. The van der Waals surface area contributed by atoms with E-state index in [0.717, 1.165) is 21.4 Å². The smallest absolute Gasteiger partial charge is 0.237 e. The molecule has 0 aliphatic rings. The number of hydrogen-bond donors (Lipinski definition) is 1. The average Bonchev–Trinajstić information content (AvgIpc) is 2.58. The number of amides is 1. The lowest BCUT2D eigenvalue weighted by molar-refractivity contribution is -0.115. The van der Waals surface area contributed by atoms with Gasteiger partial charge in [-0.2, -0.15) is 0 Å². The van der Waals surface area contributed by atoms with Crippen molar-refractivity contribution in [2.45, 2.75) is 17.1 Å². The zero-order valence-corrected chi connectivity index (χ0v) is 15.3. The van der Waals surface area contributed by atoms with Gasteiger partial charge in [0.05, 0.1) is 10.3 Å². The highest BCUT2D eigenvalue weighted by Gasteiger charge is 2.17. The molecule has 0 radical (unpaired) electrons. The zero-order valence-electron chi connectivity index (χ0n) is 12.9. The molecule has 5 heteroatoms. The van der Waals surface area contributed by atoms with Gasteiger partial charge in [0.1, 0.15) is 0 Å². The van der Waals surface area contributed by atoms with Crippen molar-refractivity contribution in [3.8, 4) is 0 Å². The van der Waals surface area contributed by atoms with Crippen LogP contribution >= 0.6 is 35.0 Å². The second kappa shape index (κ2) is 7.47. The Labute approximate surface area is 155 Å². The molecule has 1 N–H and O–H groups in total. The summed E-state index contributed by atoms with van der Waals surface area (Å²) >= 11 is 13.6. The Balaban J connectivity index is 1.77. The molecule has 3 rings (SSSR count). The fraction of sp³-hybridized carbons (Fsp3) is 0.105. The topological polar surface area (TPSA) is 29.1 Å². The van der Waals surface area contributed by atoms with Gasteiger partial charge in [-0.25, -0.2) is 0 Å². The number of hydrogen-bond acceptors (Lipinski definition) is 2. The third kappa shape index (κ3) is 3.86. The minimum atomic E-state index is -0.306. The van der Waals surface area contributed by atoms with Crippen molar-refractivity contribution in [2.75, 3.05) is 5.32 Å². The lowest BCUT2D eigenvalue weighted by Gasteiger charge is -2.14. The molecule has 0 aromatic heterocycles. The van der Waals surface area contributed by atoms with Crippen LogP contribution in [0, 0.1) is 0 Å². The number of benzene rings is 3. The van der Waals surface area contributed by atoms with Crippen molar-refractivity contribution < 1.29 is 4.79 Å². The molecule has 0 saturated carbocycles. The molecule has 1 atom stereocenters. The molecule has 0 saturated heterocycles. The molecule has 0 aliphatic carbocycles. The Morgan fingerprint density at radius 3 is 2.62 bits per heavy atom. The first-order valence-corrected chi connectivity index (χ1v) is 9.08. The number of rotatable bonds is 4. The molecule has 3 aromatic rings. The van der Waals surface area contributed by atoms with Gasteiger partial charge in [-0.1, -0.05) is 59.6 Å². The summed E-state index contributed by atoms with van der Waals surface area (Å²) in [5.74, 6) is -0.0765. The van der Waals surface area contributed by atoms with Gasteiger partial charge in [0, 0.05) is 21.0 Å². The molecule has 0 aliphatic heterocycles. The van der Waals surface area contributed by atoms with E-state index in [1.807, 2.05) is 49.4 Å². The summed E-state index contributed by atoms with van der Waals surface area (Å²) < 4.78 is 0. The van der Waals surface area contributed by atoms with Gasteiger partial charge in [0.25, 0.3) is 0 Å². The number of nitrogens with one attached hydrogen (secondary N) is 1. The van der Waals surface area contributed by atoms with E-state index in [1.165, 1.54) is 11.8 Å². The quantitative estimate of drug-likeness (QED) is 0.544. The first-order valence-electron chi connectivity index (χ1n) is 7.45. The zero-order chi connectivity index (χ0) is 17.1. The maximum atomic E-state index is 12.5. The largest absolute Gasteiger partial charge is 0.325 e. The average molecular weight is 376 g/mol. The van der Waals surface area contributed by atoms with Gasteiger partial charge < -0.3 is 5.32 Å². The summed E-state index contributed by atoms with van der Waals surface area (Å²) in [5, 5.41) is 6.00. The molecule has 0 spiro atoms. The molecular formula is C19H15Cl2NOS. The van der Waals surface area contributed by atoms with Crippen molar-refractivity contribution in [2.24, 2.45) is 0 Å². The van der Waals surface area contributed by atoms with Crippen LogP contribution in [0.3, 0.4) is 0 Å². The first-order chi connectivity index (χ1) is 11.5. The van der Waals surface area contributed by atoms with Crippen molar-refractivity contribution in [3.63, 3.8) is 0 Å². The first kappa shape index (κ1) is 17.2. The van der Waals surface area contributed by atoms with Gasteiger partial charge in [-0.15, -0.1) is 11.8 Å². The SMILES string of the molecule is C[C@H](Sc1cc(Cl)ccc1Cl)C(=O)Nc1cccc2ccccc12. The third-order valence-corrected chi connectivity index (χ3v) is 5.45. The standard InChI is InChI=1S/C19H15Cl2NOS/c1-12(24-18-11-14(20)9-10-16(18)21)19(23)22-17-8-4-6-13-5-2-3-7-15(13)17/h2-12H,1H3,(H,22,23)/t12-/m0/s1. The Bertz CT molecular complexity index is 892. The highest BCUT2D eigenvalue weighted by atomic mass is 35.5. The number of carbonyl (C=O) groups is 1. The monoisotopic (exact) mass is 375 g/mol. The predicted molar refractivity (Wildman–Crippen MR) is 104 cm³/mol. The highest BCUT2D eigenvalue weighted by Crippen LogP contribution is 2.33. The van der Waals surface area contributed by atoms with Crippen molar-refractivity contribution in [3.05, 3.63) is 70.7 Å². The predicted octanol–water partition coefficient (Wildman–Crippen LogP) is 6.27. The van der Waals surface area contributed by atoms with Gasteiger partial charge in [-0.05, 0) is 36.6 Å². The van der Waals surface area contributed by atoms with Crippen LogP contribution in [0.4, 0.5) is 5.69 Å². The molecule has 0 heterocycles. The number of thioether (sulfide) groups is 1. The Hall–Kier alpha value is -1.68. The van der Waals surface area contributed by atoms with Crippen LogP contribution in [0.15, 0.2) is 65.6 Å². The summed E-state index contributed by atoms with van der Waals surface area (Å²) in [6, 6.07) is 19.1. The maximum absolute atomic E-state index is 12.5. The van der Waals surface area contributed by atoms with E-state index in [-0.39, 0.29) is 11.2 Å². The van der Waals surface area contributed by atoms with Crippen molar-refractivity contribution in [1.29, 1.82) is 0 Å². The molecule has 3 aromatic carbocycles. The van der Waals surface area contributed by atoms with Gasteiger partial charge >= 0.3 is 0 Å². The number of carbonyl (C=O) groups excluding carboxylic acids is 1. The van der Waals surface area contributed by atoms with Crippen LogP contribution in [0.5, 0.6) is 0 Å². The summed E-state index contributed by atoms with van der Waals surface area (Å²) in [4.78, 5) is 13.3. The third-order valence-electron chi connectivity index (χ3n) is 3.61. The Morgan fingerprint density at radius 2 is 1.79 bits per heavy atom. The van der Waals surface area contributed by atoms with Crippen LogP contribution in [0.1, 0.15) is 6.92 Å². The van der Waals surface area contributed by atoms with E-state index < -0.39 is 0 Å². The molecule has 2 nitrogen and oxygen atoms in total. The second-order valence-electron chi connectivity index (χ2n) is 5.35. The summed E-state index contributed by atoms with van der Waals surface area (Å²) in [7, 11) is 0. The fourth-order valence-corrected chi connectivity index (χ4v) is 3.79. The van der Waals surface area contributed by atoms with Crippen molar-refractivity contribution in [1.82, 2.24) is 0 Å². The molecule has 0 bridgehead atoms. The van der Waals surface area contributed by atoms with Gasteiger partial charge in [-0.3, -0.25) is 4.79 Å². The molecule has 24 heavy (non-hydrogen) atoms. The van der Waals surface area contributed by atoms with Crippen LogP contribution in [-0.4, -0.2) is 11.2 Å². The lowest BCUT2D eigenvalue weighted by Crippen LogP contribution is -2.22. The van der Waals surface area contributed by atoms with E-state index in [9.17, 15) is 4.79 Å². The van der Waals surface area contributed by atoms with Gasteiger partial charge in [0.15, 0.2) is 0 Å². The van der Waals surface area contributed by atoms with Crippen LogP contribution in [0.2, 0.25) is 10.0 Å². The van der Waals surface area contributed by atoms with Crippen LogP contribution in [-0.2, 0) is 4.79 Å². The summed E-state index contributed by atoms with van der Waals surface area (Å²) in [6.07, 6.45) is 0. The normalized spacial score (nSPS) is 12.1. The number of fused-ring (bicyclic) bond motifs is 1. The number of halogens is 2. The van der Waals surface area contributed by atoms with E-state index in [4.69, 9.17) is 23.2 Å². The highest BCUT2D eigenvalue weighted by molar-refractivity contribution is 8.00. The minimum absolute atomic E-state index is 0.0765. The van der Waals surface area contributed by atoms with E-state index >= 15 is 0 Å². The summed E-state index contributed by atoms with van der Waals surface area (Å²) in [6.45, 7) is 1.85.